The Morgan fingerprint density at radius 2 is 2.16 bits per heavy atom. The molecule has 0 unspecified atom stereocenters. The maximum Gasteiger partial charge on any atom is 0.334 e. The van der Waals surface area contributed by atoms with Crippen molar-refractivity contribution in [1.82, 2.24) is 5.43 Å². The number of hydrogen-bond acceptors (Lipinski definition) is 5. The van der Waals surface area contributed by atoms with Gasteiger partial charge in [-0.2, -0.15) is 5.10 Å². The monoisotopic (exact) mass is 439 g/mol. The average Bonchev–Trinajstić information content (AvgIpc) is 3.34. The van der Waals surface area contributed by atoms with Crippen LogP contribution >= 0.6 is 12.2 Å². The first-order valence-corrected chi connectivity index (χ1v) is 11.3. The maximum atomic E-state index is 12.1. The van der Waals surface area contributed by atoms with Gasteiger partial charge in [0, 0.05) is 17.2 Å². The van der Waals surface area contributed by atoms with Crippen LogP contribution in [0.15, 0.2) is 53.2 Å². The summed E-state index contributed by atoms with van der Waals surface area (Å²) >= 11 is 5.34. The summed E-state index contributed by atoms with van der Waals surface area (Å²) in [5, 5.41) is 7.89. The molecule has 2 aliphatic heterocycles. The first-order chi connectivity index (χ1) is 14.9. The van der Waals surface area contributed by atoms with Crippen LogP contribution in [0.3, 0.4) is 0 Å². The van der Waals surface area contributed by atoms with Gasteiger partial charge in [-0.1, -0.05) is 31.7 Å². The Morgan fingerprint density at radius 1 is 1.39 bits per heavy atom. The number of rotatable bonds is 4. The Morgan fingerprint density at radius 3 is 2.90 bits per heavy atom. The third-order valence-electron chi connectivity index (χ3n) is 6.40. The fourth-order valence-corrected chi connectivity index (χ4v) is 4.53. The fourth-order valence-electron chi connectivity index (χ4n) is 4.36. The van der Waals surface area contributed by atoms with E-state index in [1.165, 1.54) is 5.56 Å². The Bertz CT molecular complexity index is 940. The number of ether oxygens (including phenoxy) is 2. The normalized spacial score (nSPS) is 31.8. The van der Waals surface area contributed by atoms with Crippen LogP contribution in [0.25, 0.3) is 0 Å². The molecular formula is C24H29N3O3S. The molecule has 2 N–H and O–H groups in total. The minimum atomic E-state index is -0.295. The number of nitrogens with one attached hydrogen (secondary N) is 2. The summed E-state index contributed by atoms with van der Waals surface area (Å²) in [7, 11) is 0. The van der Waals surface area contributed by atoms with Crippen molar-refractivity contribution >= 4 is 35.2 Å². The van der Waals surface area contributed by atoms with Crippen molar-refractivity contribution in [2.45, 2.75) is 63.8 Å². The van der Waals surface area contributed by atoms with Gasteiger partial charge in [-0.3, -0.25) is 5.43 Å². The standard InChI is InChI=1S/C24H29N3O3S/c1-4-16-7-10-18(11-8-16)26-23(31)27-25-14-17-6-5-13-24(3)21(30-24)20-19(12-9-17)15(2)22(28)29-20/h6-8,10-11,14,19-21H,2,4-5,9,12-13H2,1,3H3,(H2,26,27,31)/b17-6+,25-14+/t19-,20-,21-,24+/m0/s1. The van der Waals surface area contributed by atoms with Crippen LogP contribution in [0, 0.1) is 5.92 Å². The number of epoxide rings is 1. The quantitative estimate of drug-likeness (QED) is 0.182. The summed E-state index contributed by atoms with van der Waals surface area (Å²) in [5.74, 6) is -0.313. The van der Waals surface area contributed by atoms with E-state index in [-0.39, 0.29) is 29.7 Å². The molecule has 0 spiro atoms. The molecule has 1 aliphatic carbocycles. The van der Waals surface area contributed by atoms with Gasteiger partial charge in [0.25, 0.3) is 0 Å². The molecule has 4 rings (SSSR count). The highest BCUT2D eigenvalue weighted by atomic mass is 32.1. The first kappa shape index (κ1) is 21.7. The fraction of sp³-hybridized carbons (Fsp3) is 0.458. The van der Waals surface area contributed by atoms with Crippen LogP contribution in [0.2, 0.25) is 0 Å². The van der Waals surface area contributed by atoms with Crippen LogP contribution in [0.4, 0.5) is 5.69 Å². The molecule has 2 fully saturated rings. The molecular weight excluding hydrogens is 410 g/mol. The lowest BCUT2D eigenvalue weighted by Crippen LogP contribution is -2.29. The van der Waals surface area contributed by atoms with Gasteiger partial charge in [-0.25, -0.2) is 4.79 Å². The number of esters is 1. The lowest BCUT2D eigenvalue weighted by Gasteiger charge is -2.19. The zero-order valence-corrected chi connectivity index (χ0v) is 18.8. The second-order valence-corrected chi connectivity index (χ2v) is 8.99. The van der Waals surface area contributed by atoms with Crippen molar-refractivity contribution in [1.29, 1.82) is 0 Å². The van der Waals surface area contributed by atoms with Crippen LogP contribution in [0.5, 0.6) is 0 Å². The highest BCUT2D eigenvalue weighted by Crippen LogP contribution is 2.49. The molecule has 4 atom stereocenters. The van der Waals surface area contributed by atoms with E-state index in [4.69, 9.17) is 21.7 Å². The van der Waals surface area contributed by atoms with Gasteiger partial charge in [0.2, 0.25) is 0 Å². The van der Waals surface area contributed by atoms with Crippen molar-refractivity contribution in [2.24, 2.45) is 11.0 Å². The summed E-state index contributed by atoms with van der Waals surface area (Å²) in [4.78, 5) is 12.1. The molecule has 1 aromatic carbocycles. The summed E-state index contributed by atoms with van der Waals surface area (Å²) in [6.07, 6.45) is 8.06. The van der Waals surface area contributed by atoms with Crippen molar-refractivity contribution in [3.63, 3.8) is 0 Å². The van der Waals surface area contributed by atoms with E-state index in [9.17, 15) is 4.79 Å². The lowest BCUT2D eigenvalue weighted by atomic mass is 9.84. The maximum absolute atomic E-state index is 12.1. The molecule has 0 radical (unpaired) electrons. The van der Waals surface area contributed by atoms with Gasteiger partial charge in [0.15, 0.2) is 5.11 Å². The molecule has 31 heavy (non-hydrogen) atoms. The van der Waals surface area contributed by atoms with Crippen molar-refractivity contribution in [3.8, 4) is 0 Å². The first-order valence-electron chi connectivity index (χ1n) is 10.9. The smallest absolute Gasteiger partial charge is 0.334 e. The van der Waals surface area contributed by atoms with Crippen molar-refractivity contribution < 1.29 is 14.3 Å². The molecule has 2 heterocycles. The predicted octanol–water partition coefficient (Wildman–Crippen LogP) is 4.28. The van der Waals surface area contributed by atoms with E-state index >= 15 is 0 Å². The molecule has 2 saturated heterocycles. The third kappa shape index (κ3) is 4.88. The number of aryl methyl sites for hydroxylation is 1. The average molecular weight is 440 g/mol. The van der Waals surface area contributed by atoms with E-state index < -0.39 is 0 Å². The predicted molar refractivity (Wildman–Crippen MR) is 126 cm³/mol. The second-order valence-electron chi connectivity index (χ2n) is 8.58. The van der Waals surface area contributed by atoms with Crippen LogP contribution in [-0.2, 0) is 20.7 Å². The SMILES string of the molecule is C=C1C(=O)O[C@H]2[C@H]1CCC(/C=N/NC(=S)Nc1ccc(CC)cc1)=C\CC[C@@]1(C)O[C@@H]21. The van der Waals surface area contributed by atoms with Crippen LogP contribution in [-0.4, -0.2) is 35.1 Å². The van der Waals surface area contributed by atoms with Gasteiger partial charge in [-0.15, -0.1) is 0 Å². The number of nitrogens with zero attached hydrogens (tertiary/aromatic N) is 1. The number of allylic oxidation sites excluding steroid dienone is 2. The lowest BCUT2D eigenvalue weighted by molar-refractivity contribution is -0.140. The Balaban J connectivity index is 1.36. The number of thiocarbonyl (C=S) groups is 1. The molecule has 7 heteroatoms. The molecule has 0 saturated carbocycles. The number of fused-ring (bicyclic) bond motifs is 3. The zero-order chi connectivity index (χ0) is 22.0. The van der Waals surface area contributed by atoms with Crippen molar-refractivity contribution in [3.05, 3.63) is 53.6 Å². The van der Waals surface area contributed by atoms with E-state index in [0.29, 0.717) is 10.7 Å². The molecule has 0 amide bonds. The van der Waals surface area contributed by atoms with Crippen LogP contribution < -0.4 is 10.7 Å². The van der Waals surface area contributed by atoms with Gasteiger partial charge >= 0.3 is 5.97 Å². The number of hydrazone groups is 1. The molecule has 0 bridgehead atoms. The Kier molecular flexibility index (Phi) is 6.25. The minimum absolute atomic E-state index is 0.0176. The molecule has 6 nitrogen and oxygen atoms in total. The largest absolute Gasteiger partial charge is 0.455 e. The number of anilines is 1. The number of hydrogen-bond donors (Lipinski definition) is 2. The highest BCUT2D eigenvalue weighted by Gasteiger charge is 2.61. The molecule has 3 aliphatic rings. The van der Waals surface area contributed by atoms with Gasteiger partial charge in [-0.05, 0) is 74.5 Å². The zero-order valence-electron chi connectivity index (χ0n) is 18.0. The van der Waals surface area contributed by atoms with E-state index in [2.05, 4.69) is 54.5 Å². The van der Waals surface area contributed by atoms with Gasteiger partial charge < -0.3 is 14.8 Å². The van der Waals surface area contributed by atoms with E-state index in [1.807, 2.05) is 12.1 Å². The number of benzene rings is 1. The van der Waals surface area contributed by atoms with Crippen LogP contribution in [0.1, 0.15) is 45.1 Å². The third-order valence-corrected chi connectivity index (χ3v) is 6.59. The van der Waals surface area contributed by atoms with Crippen molar-refractivity contribution in [2.75, 3.05) is 5.32 Å². The summed E-state index contributed by atoms with van der Waals surface area (Å²) < 4.78 is 11.5. The van der Waals surface area contributed by atoms with Gasteiger partial charge in [0.1, 0.15) is 12.2 Å². The Hall–Kier alpha value is -2.51. The van der Waals surface area contributed by atoms with E-state index in [1.54, 1.807) is 6.21 Å². The molecule has 1 aromatic rings. The Labute approximate surface area is 188 Å². The number of carbonyl (C=O) groups is 1. The minimum Gasteiger partial charge on any atom is -0.455 e. The van der Waals surface area contributed by atoms with E-state index in [0.717, 1.165) is 43.4 Å². The second kappa shape index (κ2) is 8.93. The number of carbonyl (C=O) groups excluding carboxylic acids is 1. The summed E-state index contributed by atoms with van der Waals surface area (Å²) in [5.41, 5.74) is 6.50. The highest BCUT2D eigenvalue weighted by molar-refractivity contribution is 7.80. The van der Waals surface area contributed by atoms with Gasteiger partial charge in [0.05, 0.1) is 11.8 Å². The molecule has 164 valence electrons. The summed E-state index contributed by atoms with van der Waals surface area (Å²) in [6, 6.07) is 8.16. The topological polar surface area (TPSA) is 75.2 Å². The summed E-state index contributed by atoms with van der Waals surface area (Å²) in [6.45, 7) is 8.18. The molecule has 0 aromatic heterocycles.